The lowest BCUT2D eigenvalue weighted by Crippen LogP contribution is -2.31. The van der Waals surface area contributed by atoms with Crippen molar-refractivity contribution in [2.75, 3.05) is 13.6 Å². The SMILES string of the molecule is CC.CC.CCCN(C)C(=O)C(C)CC. The van der Waals surface area contributed by atoms with E-state index in [1.54, 1.807) is 0 Å². The predicted molar refractivity (Wildman–Crippen MR) is 70.1 cm³/mol. The van der Waals surface area contributed by atoms with Gasteiger partial charge in [-0.2, -0.15) is 0 Å². The van der Waals surface area contributed by atoms with E-state index in [1.807, 2.05) is 53.5 Å². The van der Waals surface area contributed by atoms with Gasteiger partial charge in [0.2, 0.25) is 5.91 Å². The summed E-state index contributed by atoms with van der Waals surface area (Å²) in [6, 6.07) is 0. The van der Waals surface area contributed by atoms with E-state index in [2.05, 4.69) is 6.92 Å². The van der Waals surface area contributed by atoms with Gasteiger partial charge in [0.05, 0.1) is 0 Å². The minimum Gasteiger partial charge on any atom is -0.346 e. The molecule has 0 rings (SSSR count). The Balaban J connectivity index is -0.000000318. The highest BCUT2D eigenvalue weighted by Crippen LogP contribution is 2.04. The van der Waals surface area contributed by atoms with Gasteiger partial charge in [0.1, 0.15) is 0 Å². The number of nitrogens with zero attached hydrogens (tertiary/aromatic N) is 1. The maximum atomic E-state index is 11.4. The van der Waals surface area contributed by atoms with E-state index < -0.39 is 0 Å². The first-order chi connectivity index (χ1) is 7.13. The average Bonchev–Trinajstić information content (AvgIpc) is 2.32. The Bertz CT molecular complexity index is 124. The molecule has 0 spiro atoms. The Morgan fingerprint density at radius 1 is 1.13 bits per heavy atom. The highest BCUT2D eigenvalue weighted by molar-refractivity contribution is 5.78. The number of carbonyl (C=O) groups is 1. The second-order valence-electron chi connectivity index (χ2n) is 3.07. The summed E-state index contributed by atoms with van der Waals surface area (Å²) in [5, 5.41) is 0. The van der Waals surface area contributed by atoms with Gasteiger partial charge in [0.15, 0.2) is 0 Å². The van der Waals surface area contributed by atoms with Crippen LogP contribution in [0, 0.1) is 5.92 Å². The quantitative estimate of drug-likeness (QED) is 0.698. The molecule has 0 radical (unpaired) electrons. The minimum absolute atomic E-state index is 0.187. The van der Waals surface area contributed by atoms with Crippen molar-refractivity contribution in [3.8, 4) is 0 Å². The molecule has 0 fully saturated rings. The summed E-state index contributed by atoms with van der Waals surface area (Å²) in [5.41, 5.74) is 0. The largest absolute Gasteiger partial charge is 0.346 e. The molecule has 0 aliphatic rings. The van der Waals surface area contributed by atoms with Gasteiger partial charge in [-0.3, -0.25) is 4.79 Å². The Labute approximate surface area is 97.1 Å². The number of carbonyl (C=O) groups excluding carboxylic acids is 1. The van der Waals surface area contributed by atoms with Crippen molar-refractivity contribution >= 4 is 5.91 Å². The zero-order valence-electron chi connectivity index (χ0n) is 12.1. The Morgan fingerprint density at radius 2 is 1.53 bits per heavy atom. The van der Waals surface area contributed by atoms with E-state index in [0.29, 0.717) is 0 Å². The third kappa shape index (κ3) is 11.4. The van der Waals surface area contributed by atoms with E-state index >= 15 is 0 Å². The zero-order valence-corrected chi connectivity index (χ0v) is 12.1. The second kappa shape index (κ2) is 15.9. The van der Waals surface area contributed by atoms with Crippen molar-refractivity contribution in [1.82, 2.24) is 4.90 Å². The van der Waals surface area contributed by atoms with Crippen LogP contribution >= 0.6 is 0 Å². The fourth-order valence-corrected chi connectivity index (χ4v) is 0.996. The normalized spacial score (nSPS) is 10.1. The van der Waals surface area contributed by atoms with Crippen LogP contribution in [0.2, 0.25) is 0 Å². The summed E-state index contributed by atoms with van der Waals surface area (Å²) in [4.78, 5) is 13.2. The van der Waals surface area contributed by atoms with Crippen molar-refractivity contribution in [2.45, 2.75) is 61.3 Å². The van der Waals surface area contributed by atoms with Gasteiger partial charge in [-0.1, -0.05) is 48.5 Å². The molecule has 1 atom stereocenters. The topological polar surface area (TPSA) is 20.3 Å². The maximum Gasteiger partial charge on any atom is 0.225 e. The van der Waals surface area contributed by atoms with Crippen molar-refractivity contribution in [2.24, 2.45) is 5.92 Å². The molecule has 0 aliphatic heterocycles. The molecule has 2 nitrogen and oxygen atoms in total. The van der Waals surface area contributed by atoms with Gasteiger partial charge in [-0.15, -0.1) is 0 Å². The Kier molecular flexibility index (Phi) is 21.2. The fraction of sp³-hybridized carbons (Fsp3) is 0.923. The molecule has 94 valence electrons. The van der Waals surface area contributed by atoms with Crippen LogP contribution < -0.4 is 0 Å². The standard InChI is InChI=1S/C9H19NO.2C2H6/c1-5-7-10(4)9(11)8(3)6-2;2*1-2/h8H,5-7H2,1-4H3;2*1-2H3. The smallest absolute Gasteiger partial charge is 0.225 e. The number of rotatable bonds is 4. The van der Waals surface area contributed by atoms with Gasteiger partial charge >= 0.3 is 0 Å². The van der Waals surface area contributed by atoms with Crippen LogP contribution in [-0.4, -0.2) is 24.4 Å². The monoisotopic (exact) mass is 217 g/mol. The second-order valence-corrected chi connectivity index (χ2v) is 3.07. The zero-order chi connectivity index (χ0) is 12.9. The predicted octanol–water partition coefficient (Wildman–Crippen LogP) is 3.95. The first-order valence-corrected chi connectivity index (χ1v) is 6.38. The first kappa shape index (κ1) is 20.0. The molecule has 0 heterocycles. The summed E-state index contributed by atoms with van der Waals surface area (Å²) in [7, 11) is 1.87. The van der Waals surface area contributed by atoms with Gasteiger partial charge in [-0.05, 0) is 12.8 Å². The van der Waals surface area contributed by atoms with Crippen LogP contribution in [0.1, 0.15) is 61.3 Å². The molecule has 0 aromatic rings. The number of amides is 1. The lowest BCUT2D eigenvalue weighted by atomic mass is 10.1. The van der Waals surface area contributed by atoms with Crippen molar-refractivity contribution < 1.29 is 4.79 Å². The Morgan fingerprint density at radius 3 is 1.80 bits per heavy atom. The fourth-order valence-electron chi connectivity index (χ4n) is 0.996. The van der Waals surface area contributed by atoms with E-state index in [0.717, 1.165) is 19.4 Å². The molecule has 0 aliphatic carbocycles. The van der Waals surface area contributed by atoms with Crippen LogP contribution in [-0.2, 0) is 4.79 Å². The summed E-state index contributed by atoms with van der Waals surface area (Å²) in [5.74, 6) is 0.459. The molecule has 0 saturated heterocycles. The molecule has 0 bridgehead atoms. The van der Waals surface area contributed by atoms with E-state index in [4.69, 9.17) is 0 Å². The number of hydrogen-bond acceptors (Lipinski definition) is 1. The molecule has 0 saturated carbocycles. The lowest BCUT2D eigenvalue weighted by molar-refractivity contribution is -0.133. The van der Waals surface area contributed by atoms with Gasteiger partial charge in [0.25, 0.3) is 0 Å². The molecule has 1 amide bonds. The molecular formula is C13H31NO. The van der Waals surface area contributed by atoms with E-state index in [9.17, 15) is 4.79 Å². The van der Waals surface area contributed by atoms with Gasteiger partial charge < -0.3 is 4.90 Å². The highest BCUT2D eigenvalue weighted by atomic mass is 16.2. The van der Waals surface area contributed by atoms with Gasteiger partial charge in [0, 0.05) is 19.5 Å². The minimum atomic E-state index is 0.187. The molecule has 0 N–H and O–H groups in total. The van der Waals surface area contributed by atoms with Crippen molar-refractivity contribution in [3.05, 3.63) is 0 Å². The van der Waals surface area contributed by atoms with Crippen LogP contribution in [0.25, 0.3) is 0 Å². The molecule has 1 unspecified atom stereocenters. The summed E-state index contributed by atoms with van der Waals surface area (Å²) < 4.78 is 0. The van der Waals surface area contributed by atoms with E-state index in [1.165, 1.54) is 0 Å². The third-order valence-electron chi connectivity index (χ3n) is 1.97. The summed E-state index contributed by atoms with van der Waals surface area (Å²) >= 11 is 0. The van der Waals surface area contributed by atoms with Crippen molar-refractivity contribution in [1.29, 1.82) is 0 Å². The van der Waals surface area contributed by atoms with Crippen LogP contribution in [0.4, 0.5) is 0 Å². The molecule has 2 heteroatoms. The molecule has 0 aromatic heterocycles. The van der Waals surface area contributed by atoms with Crippen LogP contribution in [0.3, 0.4) is 0 Å². The third-order valence-corrected chi connectivity index (χ3v) is 1.97. The lowest BCUT2D eigenvalue weighted by Gasteiger charge is -2.19. The van der Waals surface area contributed by atoms with Crippen LogP contribution in [0.15, 0.2) is 0 Å². The maximum absolute atomic E-state index is 11.4. The molecule has 0 aromatic carbocycles. The first-order valence-electron chi connectivity index (χ1n) is 6.38. The van der Waals surface area contributed by atoms with E-state index in [-0.39, 0.29) is 11.8 Å². The van der Waals surface area contributed by atoms with Crippen molar-refractivity contribution in [3.63, 3.8) is 0 Å². The van der Waals surface area contributed by atoms with Gasteiger partial charge in [-0.25, -0.2) is 0 Å². The summed E-state index contributed by atoms with van der Waals surface area (Å²) in [6.45, 7) is 15.0. The number of hydrogen-bond donors (Lipinski definition) is 0. The average molecular weight is 217 g/mol. The summed E-state index contributed by atoms with van der Waals surface area (Å²) in [6.07, 6.45) is 1.98. The van der Waals surface area contributed by atoms with Crippen LogP contribution in [0.5, 0.6) is 0 Å². The molecular weight excluding hydrogens is 186 g/mol. The molecule has 15 heavy (non-hydrogen) atoms. The highest BCUT2D eigenvalue weighted by Gasteiger charge is 2.13. The Hall–Kier alpha value is -0.530.